The molecule has 0 saturated heterocycles. The molecule has 2 unspecified atom stereocenters. The first-order valence-corrected chi connectivity index (χ1v) is 5.67. The van der Waals surface area contributed by atoms with Crippen LogP contribution in [-0.2, 0) is 9.59 Å². The Morgan fingerprint density at radius 3 is 1.84 bits per heavy atom. The number of Topliss-reactive ketones (excluding diaryl/α,β-unsaturated/α-hetero) is 1. The average Bonchev–Trinajstić information content (AvgIpc) is 2.35. The highest BCUT2D eigenvalue weighted by Crippen LogP contribution is 2.21. The van der Waals surface area contributed by atoms with Gasteiger partial charge in [0.1, 0.15) is 5.78 Å². The zero-order valence-electron chi connectivity index (χ0n) is 11.5. The Labute approximate surface area is 112 Å². The second-order valence-corrected chi connectivity index (χ2v) is 4.70. The van der Waals surface area contributed by atoms with E-state index in [0.717, 1.165) is 0 Å². The Morgan fingerprint density at radius 2 is 1.53 bits per heavy atom. The summed E-state index contributed by atoms with van der Waals surface area (Å²) in [6.07, 6.45) is -0.250. The summed E-state index contributed by atoms with van der Waals surface area (Å²) in [5, 5.41) is 28.0. The van der Waals surface area contributed by atoms with Crippen LogP contribution < -0.4 is 5.32 Å². The number of ketones is 1. The molecule has 0 bridgehead atoms. The predicted octanol–water partition coefficient (Wildman–Crippen LogP) is 1.12. The molecular formula is C12H17N5O2. The number of nitrogens with zero attached hydrogens (tertiary/aromatic N) is 4. The van der Waals surface area contributed by atoms with Gasteiger partial charge in [0.05, 0.1) is 18.6 Å². The van der Waals surface area contributed by atoms with Gasteiger partial charge in [0.2, 0.25) is 5.91 Å². The highest BCUT2D eigenvalue weighted by atomic mass is 16.1. The molecule has 1 amide bonds. The molecular weight excluding hydrogens is 246 g/mol. The summed E-state index contributed by atoms with van der Waals surface area (Å²) < 4.78 is 0. The van der Waals surface area contributed by atoms with Crippen molar-refractivity contribution >= 4 is 11.7 Å². The number of nitriles is 2. The molecule has 1 N–H and O–H groups in total. The third-order valence-corrected chi connectivity index (χ3v) is 2.35. The van der Waals surface area contributed by atoms with Crippen molar-refractivity contribution in [2.24, 2.45) is 10.2 Å². The van der Waals surface area contributed by atoms with E-state index in [2.05, 4.69) is 15.5 Å². The third-order valence-electron chi connectivity index (χ3n) is 2.35. The normalized spacial score (nSPS) is 16.7. The number of carbonyl (C=O) groups excluding carboxylic acids is 2. The Bertz CT molecular complexity index is 473. The molecule has 0 aliphatic heterocycles. The SMILES string of the molecule is CNC(=O)CC(C)(C#N)N=NC(C)(C#N)CC(C)=O. The first kappa shape index (κ1) is 16.7. The van der Waals surface area contributed by atoms with E-state index in [-0.39, 0.29) is 24.5 Å². The molecule has 7 heteroatoms. The predicted molar refractivity (Wildman–Crippen MR) is 66.9 cm³/mol. The van der Waals surface area contributed by atoms with Gasteiger partial charge in [-0.1, -0.05) is 0 Å². The number of nitrogens with one attached hydrogen (secondary N) is 1. The number of hydrogen-bond acceptors (Lipinski definition) is 6. The minimum Gasteiger partial charge on any atom is -0.359 e. The zero-order chi connectivity index (χ0) is 15.1. The van der Waals surface area contributed by atoms with Crippen molar-refractivity contribution in [3.63, 3.8) is 0 Å². The van der Waals surface area contributed by atoms with Crippen LogP contribution in [-0.4, -0.2) is 29.8 Å². The van der Waals surface area contributed by atoms with Gasteiger partial charge in [-0.3, -0.25) is 9.59 Å². The van der Waals surface area contributed by atoms with Gasteiger partial charge in [-0.15, -0.1) is 0 Å². The highest BCUT2D eigenvalue weighted by molar-refractivity contribution is 5.77. The number of azo groups is 1. The molecule has 0 heterocycles. The lowest BCUT2D eigenvalue weighted by Gasteiger charge is -2.18. The molecule has 7 nitrogen and oxygen atoms in total. The lowest BCUT2D eigenvalue weighted by atomic mass is 9.98. The van der Waals surface area contributed by atoms with Crippen molar-refractivity contribution in [1.29, 1.82) is 10.5 Å². The molecule has 0 rings (SSSR count). The summed E-state index contributed by atoms with van der Waals surface area (Å²) in [4.78, 5) is 22.3. The summed E-state index contributed by atoms with van der Waals surface area (Å²) in [6.45, 7) is 4.24. The van der Waals surface area contributed by atoms with E-state index in [1.54, 1.807) is 0 Å². The van der Waals surface area contributed by atoms with Crippen molar-refractivity contribution in [2.45, 2.75) is 44.7 Å². The quantitative estimate of drug-likeness (QED) is 0.722. The Morgan fingerprint density at radius 1 is 1.11 bits per heavy atom. The molecule has 0 spiro atoms. The maximum atomic E-state index is 11.3. The summed E-state index contributed by atoms with van der Waals surface area (Å²) in [7, 11) is 1.45. The van der Waals surface area contributed by atoms with Crippen LogP contribution in [0.3, 0.4) is 0 Å². The second-order valence-electron chi connectivity index (χ2n) is 4.70. The summed E-state index contributed by atoms with van der Waals surface area (Å²) in [5.41, 5.74) is -2.67. The van der Waals surface area contributed by atoms with Gasteiger partial charge < -0.3 is 5.32 Å². The van der Waals surface area contributed by atoms with Crippen LogP contribution >= 0.6 is 0 Å². The highest BCUT2D eigenvalue weighted by Gasteiger charge is 2.31. The van der Waals surface area contributed by atoms with E-state index in [4.69, 9.17) is 10.5 Å². The van der Waals surface area contributed by atoms with Crippen LogP contribution in [0.5, 0.6) is 0 Å². The molecule has 0 fully saturated rings. The van der Waals surface area contributed by atoms with E-state index in [9.17, 15) is 9.59 Å². The van der Waals surface area contributed by atoms with E-state index < -0.39 is 11.1 Å². The van der Waals surface area contributed by atoms with Crippen molar-refractivity contribution < 1.29 is 9.59 Å². The van der Waals surface area contributed by atoms with Crippen LogP contribution in [0.2, 0.25) is 0 Å². The topological polar surface area (TPSA) is 118 Å². The first-order valence-electron chi connectivity index (χ1n) is 5.67. The number of rotatable bonds is 6. The van der Waals surface area contributed by atoms with Gasteiger partial charge >= 0.3 is 0 Å². The van der Waals surface area contributed by atoms with Gasteiger partial charge in [0, 0.05) is 13.5 Å². The maximum Gasteiger partial charge on any atom is 0.223 e. The van der Waals surface area contributed by atoms with Gasteiger partial charge in [-0.2, -0.15) is 20.8 Å². The number of amides is 1. The van der Waals surface area contributed by atoms with Crippen molar-refractivity contribution in [3.8, 4) is 12.1 Å². The fourth-order valence-corrected chi connectivity index (χ4v) is 1.30. The molecule has 0 aromatic rings. The molecule has 0 aliphatic rings. The molecule has 0 saturated carbocycles. The van der Waals surface area contributed by atoms with E-state index in [1.807, 2.05) is 12.1 Å². The largest absolute Gasteiger partial charge is 0.359 e. The van der Waals surface area contributed by atoms with Gasteiger partial charge in [0.15, 0.2) is 11.1 Å². The lowest BCUT2D eigenvalue weighted by Crippen LogP contribution is -2.31. The monoisotopic (exact) mass is 263 g/mol. The Hall–Kier alpha value is -2.28. The molecule has 2 atom stereocenters. The second kappa shape index (κ2) is 6.60. The average molecular weight is 263 g/mol. The lowest BCUT2D eigenvalue weighted by molar-refractivity contribution is -0.121. The van der Waals surface area contributed by atoms with Gasteiger partial charge in [-0.25, -0.2) is 0 Å². The van der Waals surface area contributed by atoms with Crippen LogP contribution in [0.4, 0.5) is 0 Å². The summed E-state index contributed by atoms with van der Waals surface area (Å²) >= 11 is 0. The first-order chi connectivity index (χ1) is 8.70. The summed E-state index contributed by atoms with van der Waals surface area (Å²) in [5.74, 6) is -0.554. The molecule has 102 valence electrons. The molecule has 0 aliphatic carbocycles. The van der Waals surface area contributed by atoms with Crippen molar-refractivity contribution in [1.82, 2.24) is 5.32 Å². The standard InChI is InChI=1S/C12H17N5O2/c1-9(18)5-11(2,7-13)16-17-12(3,8-14)6-10(19)15-4/h5-6H2,1-4H3,(H,15,19). The molecule has 0 aromatic heterocycles. The smallest absolute Gasteiger partial charge is 0.223 e. The van der Waals surface area contributed by atoms with Crippen LogP contribution in [0, 0.1) is 22.7 Å². The van der Waals surface area contributed by atoms with Crippen molar-refractivity contribution in [2.75, 3.05) is 7.05 Å². The Balaban J connectivity index is 5.10. The number of carbonyl (C=O) groups is 2. The molecule has 0 aromatic carbocycles. The van der Waals surface area contributed by atoms with E-state index in [0.29, 0.717) is 0 Å². The molecule has 19 heavy (non-hydrogen) atoms. The van der Waals surface area contributed by atoms with Gasteiger partial charge in [-0.05, 0) is 20.8 Å². The van der Waals surface area contributed by atoms with Crippen LogP contribution in [0.25, 0.3) is 0 Å². The summed E-state index contributed by atoms with van der Waals surface area (Å²) in [6, 6.07) is 3.76. The fraction of sp³-hybridized carbons (Fsp3) is 0.667. The van der Waals surface area contributed by atoms with E-state index in [1.165, 1.54) is 27.8 Å². The zero-order valence-corrected chi connectivity index (χ0v) is 11.5. The number of hydrogen-bond donors (Lipinski definition) is 1. The van der Waals surface area contributed by atoms with E-state index >= 15 is 0 Å². The van der Waals surface area contributed by atoms with Crippen molar-refractivity contribution in [3.05, 3.63) is 0 Å². The minimum atomic E-state index is -1.35. The maximum absolute atomic E-state index is 11.3. The molecule has 0 radical (unpaired) electrons. The van der Waals surface area contributed by atoms with Gasteiger partial charge in [0.25, 0.3) is 0 Å². The Kier molecular flexibility index (Phi) is 5.81. The van der Waals surface area contributed by atoms with Crippen LogP contribution in [0.1, 0.15) is 33.6 Å². The minimum absolute atomic E-state index is 0.0888. The van der Waals surface area contributed by atoms with Crippen LogP contribution in [0.15, 0.2) is 10.2 Å². The fourth-order valence-electron chi connectivity index (χ4n) is 1.30. The third kappa shape index (κ3) is 5.73.